The summed E-state index contributed by atoms with van der Waals surface area (Å²) in [5.74, 6) is 0.230. The molecule has 12 heavy (non-hydrogen) atoms. The lowest BCUT2D eigenvalue weighted by molar-refractivity contribution is 0.477. The molecule has 0 aliphatic rings. The third kappa shape index (κ3) is 0.863. The largest absolute Gasteiger partial charge is 0.504 e. The zero-order chi connectivity index (χ0) is 8.72. The first-order valence-electron chi connectivity index (χ1n) is 3.83. The third-order valence-electron chi connectivity index (χ3n) is 1.92. The highest BCUT2D eigenvalue weighted by molar-refractivity contribution is 5.54. The minimum atomic E-state index is 0.230. The number of hydrogen-bond donors (Lipinski definition) is 1. The molecule has 2 heterocycles. The summed E-state index contributed by atoms with van der Waals surface area (Å²) in [5.41, 5.74) is 2.62. The standard InChI is InChI=1S/C9H10N2O/c1-6-5-11-7(2)3-4-8(12)9(11)10-6/h3-5,12H,1-2H3. The molecule has 3 nitrogen and oxygen atoms in total. The second-order valence-electron chi connectivity index (χ2n) is 2.94. The van der Waals surface area contributed by atoms with E-state index in [1.807, 2.05) is 30.5 Å². The number of pyridine rings is 1. The number of nitrogens with zero attached hydrogens (tertiary/aromatic N) is 2. The first-order valence-corrected chi connectivity index (χ1v) is 3.83. The highest BCUT2D eigenvalue weighted by atomic mass is 16.3. The van der Waals surface area contributed by atoms with Crippen LogP contribution in [0.3, 0.4) is 0 Å². The predicted octanol–water partition coefficient (Wildman–Crippen LogP) is 1.66. The fourth-order valence-corrected chi connectivity index (χ4v) is 1.30. The topological polar surface area (TPSA) is 37.5 Å². The molecule has 2 rings (SSSR count). The van der Waals surface area contributed by atoms with Crippen LogP contribution in [0.1, 0.15) is 11.4 Å². The Morgan fingerprint density at radius 3 is 2.75 bits per heavy atom. The Kier molecular flexibility index (Phi) is 1.33. The van der Waals surface area contributed by atoms with E-state index < -0.39 is 0 Å². The normalized spacial score (nSPS) is 10.8. The summed E-state index contributed by atoms with van der Waals surface area (Å²) in [6, 6.07) is 3.53. The monoisotopic (exact) mass is 162 g/mol. The van der Waals surface area contributed by atoms with Crippen LogP contribution in [-0.4, -0.2) is 14.5 Å². The second kappa shape index (κ2) is 2.24. The molecular weight excluding hydrogens is 152 g/mol. The maximum atomic E-state index is 9.43. The van der Waals surface area contributed by atoms with Gasteiger partial charge in [-0.15, -0.1) is 0 Å². The Labute approximate surface area is 70.3 Å². The fourth-order valence-electron chi connectivity index (χ4n) is 1.30. The Balaban J connectivity index is 2.93. The Hall–Kier alpha value is -1.51. The third-order valence-corrected chi connectivity index (χ3v) is 1.92. The van der Waals surface area contributed by atoms with Gasteiger partial charge in [0.2, 0.25) is 0 Å². The molecule has 0 amide bonds. The number of hydrogen-bond acceptors (Lipinski definition) is 2. The van der Waals surface area contributed by atoms with Gasteiger partial charge in [-0.25, -0.2) is 4.98 Å². The summed E-state index contributed by atoms with van der Waals surface area (Å²) in [7, 11) is 0. The Morgan fingerprint density at radius 2 is 2.08 bits per heavy atom. The minimum absolute atomic E-state index is 0.230. The molecule has 0 atom stereocenters. The molecule has 2 aromatic rings. The molecule has 0 aliphatic heterocycles. The van der Waals surface area contributed by atoms with Crippen LogP contribution in [0.5, 0.6) is 5.75 Å². The van der Waals surface area contributed by atoms with Crippen LogP contribution in [0.15, 0.2) is 18.3 Å². The average Bonchev–Trinajstić information content (AvgIpc) is 2.41. The number of fused-ring (bicyclic) bond motifs is 1. The van der Waals surface area contributed by atoms with Gasteiger partial charge in [0.25, 0.3) is 0 Å². The van der Waals surface area contributed by atoms with Crippen LogP contribution in [0.4, 0.5) is 0 Å². The van der Waals surface area contributed by atoms with Crippen LogP contribution < -0.4 is 0 Å². The summed E-state index contributed by atoms with van der Waals surface area (Å²) in [6.45, 7) is 3.89. The molecule has 0 unspecified atom stereocenters. The van der Waals surface area contributed by atoms with E-state index in [2.05, 4.69) is 4.98 Å². The van der Waals surface area contributed by atoms with Crippen molar-refractivity contribution in [3.63, 3.8) is 0 Å². The maximum Gasteiger partial charge on any atom is 0.179 e. The smallest absolute Gasteiger partial charge is 0.179 e. The number of imidazole rings is 1. The first-order chi connectivity index (χ1) is 5.68. The quantitative estimate of drug-likeness (QED) is 0.639. The first kappa shape index (κ1) is 7.16. The van der Waals surface area contributed by atoms with Gasteiger partial charge in [-0.05, 0) is 26.0 Å². The molecule has 0 saturated heterocycles. The molecule has 0 aliphatic carbocycles. The van der Waals surface area contributed by atoms with Gasteiger partial charge in [0, 0.05) is 11.9 Å². The van der Waals surface area contributed by atoms with E-state index in [1.165, 1.54) is 0 Å². The highest BCUT2D eigenvalue weighted by Crippen LogP contribution is 2.18. The zero-order valence-electron chi connectivity index (χ0n) is 7.07. The van der Waals surface area contributed by atoms with E-state index in [9.17, 15) is 5.11 Å². The van der Waals surface area contributed by atoms with Gasteiger partial charge in [-0.1, -0.05) is 0 Å². The molecule has 0 spiro atoms. The van der Waals surface area contributed by atoms with E-state index >= 15 is 0 Å². The van der Waals surface area contributed by atoms with Crippen LogP contribution >= 0.6 is 0 Å². The van der Waals surface area contributed by atoms with Crippen molar-refractivity contribution in [2.75, 3.05) is 0 Å². The average molecular weight is 162 g/mol. The van der Waals surface area contributed by atoms with Crippen molar-refractivity contribution in [3.8, 4) is 5.75 Å². The molecular formula is C9H10N2O. The number of aryl methyl sites for hydroxylation is 2. The van der Waals surface area contributed by atoms with Gasteiger partial charge in [0.15, 0.2) is 11.4 Å². The second-order valence-corrected chi connectivity index (χ2v) is 2.94. The van der Waals surface area contributed by atoms with Crippen molar-refractivity contribution >= 4 is 5.65 Å². The van der Waals surface area contributed by atoms with Gasteiger partial charge in [-0.3, -0.25) is 0 Å². The predicted molar refractivity (Wildman–Crippen MR) is 46.3 cm³/mol. The summed E-state index contributed by atoms with van der Waals surface area (Å²) < 4.78 is 1.88. The van der Waals surface area contributed by atoms with Crippen LogP contribution in [0.2, 0.25) is 0 Å². The molecule has 0 fully saturated rings. The number of rotatable bonds is 0. The molecule has 3 heteroatoms. The van der Waals surface area contributed by atoms with Crippen LogP contribution in [-0.2, 0) is 0 Å². The van der Waals surface area contributed by atoms with Crippen molar-refractivity contribution in [1.82, 2.24) is 9.38 Å². The zero-order valence-corrected chi connectivity index (χ0v) is 7.07. The summed E-state index contributed by atoms with van der Waals surface area (Å²) >= 11 is 0. The van der Waals surface area contributed by atoms with Crippen molar-refractivity contribution in [3.05, 3.63) is 29.7 Å². The molecule has 0 saturated carbocycles. The maximum absolute atomic E-state index is 9.43. The molecule has 2 aromatic heterocycles. The summed E-state index contributed by atoms with van der Waals surface area (Å²) in [6.07, 6.45) is 1.91. The van der Waals surface area contributed by atoms with Crippen molar-refractivity contribution < 1.29 is 5.11 Å². The lowest BCUT2D eigenvalue weighted by Gasteiger charge is -1.99. The molecule has 0 radical (unpaired) electrons. The van der Waals surface area contributed by atoms with Crippen molar-refractivity contribution in [2.45, 2.75) is 13.8 Å². The van der Waals surface area contributed by atoms with Gasteiger partial charge in [-0.2, -0.15) is 0 Å². The van der Waals surface area contributed by atoms with Crippen LogP contribution in [0.25, 0.3) is 5.65 Å². The van der Waals surface area contributed by atoms with E-state index in [-0.39, 0.29) is 5.75 Å². The SMILES string of the molecule is Cc1cn2c(C)ccc(O)c2n1. The van der Waals surface area contributed by atoms with Gasteiger partial charge in [0.1, 0.15) is 0 Å². The van der Waals surface area contributed by atoms with E-state index in [0.717, 1.165) is 11.4 Å². The van der Waals surface area contributed by atoms with Crippen molar-refractivity contribution in [1.29, 1.82) is 0 Å². The van der Waals surface area contributed by atoms with Crippen molar-refractivity contribution in [2.24, 2.45) is 0 Å². The lowest BCUT2D eigenvalue weighted by atomic mass is 10.3. The lowest BCUT2D eigenvalue weighted by Crippen LogP contribution is -1.88. The fraction of sp³-hybridized carbons (Fsp3) is 0.222. The summed E-state index contributed by atoms with van der Waals surface area (Å²) in [5, 5.41) is 9.43. The van der Waals surface area contributed by atoms with Gasteiger partial charge >= 0.3 is 0 Å². The molecule has 1 N–H and O–H groups in total. The number of aromatic nitrogens is 2. The van der Waals surface area contributed by atoms with E-state index in [1.54, 1.807) is 6.07 Å². The van der Waals surface area contributed by atoms with Crippen LogP contribution in [0, 0.1) is 13.8 Å². The molecule has 0 aromatic carbocycles. The number of aromatic hydroxyl groups is 1. The molecule has 0 bridgehead atoms. The van der Waals surface area contributed by atoms with Gasteiger partial charge < -0.3 is 9.51 Å². The van der Waals surface area contributed by atoms with E-state index in [0.29, 0.717) is 5.65 Å². The Bertz CT molecular complexity index is 392. The highest BCUT2D eigenvalue weighted by Gasteiger charge is 2.03. The van der Waals surface area contributed by atoms with E-state index in [4.69, 9.17) is 0 Å². The summed E-state index contributed by atoms with van der Waals surface area (Å²) in [4.78, 5) is 4.19. The Morgan fingerprint density at radius 1 is 1.33 bits per heavy atom. The minimum Gasteiger partial charge on any atom is -0.504 e. The van der Waals surface area contributed by atoms with Gasteiger partial charge in [0.05, 0.1) is 5.69 Å². The molecule has 62 valence electrons.